The molecule has 36 heavy (non-hydrogen) atoms. The maximum absolute atomic E-state index is 13.7. The molecule has 3 aromatic rings. The number of hydrogen-bond acceptors (Lipinski definition) is 5. The minimum Gasteiger partial charge on any atom is -0.338 e. The highest BCUT2D eigenvalue weighted by Gasteiger charge is 2.33. The number of fused-ring (bicyclic) bond motifs is 1. The number of rotatable bonds is 6. The smallest absolute Gasteiger partial charge is 0.248 e. The fraction of sp³-hybridized carbons (Fsp3) is 0.407. The van der Waals surface area contributed by atoms with Gasteiger partial charge in [-0.2, -0.15) is 4.72 Å². The highest BCUT2D eigenvalue weighted by molar-refractivity contribution is 7.89. The van der Waals surface area contributed by atoms with Gasteiger partial charge in [-0.25, -0.2) is 8.42 Å². The number of hydrogen-bond donors (Lipinski definition) is 2. The molecule has 2 N–H and O–H groups in total. The Balaban J connectivity index is 1.36. The maximum atomic E-state index is 13.7. The average Bonchev–Trinajstić information content (AvgIpc) is 2.92. The number of sulfonamides is 1. The lowest BCUT2D eigenvalue weighted by atomic mass is 9.94. The summed E-state index contributed by atoms with van der Waals surface area (Å²) in [5, 5.41) is 0.596. The van der Waals surface area contributed by atoms with Crippen LogP contribution in [0, 0.1) is 0 Å². The SMILES string of the molecule is O=C(C(NS(=O)(=O)c1ccc2[nH]c(=O)ccc2c1)c1ccccc1)N1CCN(C2CCCCC2)CC1. The molecule has 2 aliphatic rings. The van der Waals surface area contributed by atoms with Crippen molar-refractivity contribution in [2.45, 2.75) is 49.1 Å². The third-order valence-corrected chi connectivity index (χ3v) is 8.80. The summed E-state index contributed by atoms with van der Waals surface area (Å²) in [6.07, 6.45) is 6.29. The Morgan fingerprint density at radius 2 is 1.64 bits per heavy atom. The zero-order valence-electron chi connectivity index (χ0n) is 20.2. The van der Waals surface area contributed by atoms with Gasteiger partial charge in [0.1, 0.15) is 6.04 Å². The number of carbonyl (C=O) groups is 1. The molecule has 0 radical (unpaired) electrons. The molecule has 190 valence electrons. The van der Waals surface area contributed by atoms with Gasteiger partial charge in [0, 0.05) is 43.8 Å². The molecule has 1 unspecified atom stereocenters. The Morgan fingerprint density at radius 1 is 0.917 bits per heavy atom. The second-order valence-electron chi connectivity index (χ2n) is 9.69. The lowest BCUT2D eigenvalue weighted by molar-refractivity contribution is -0.135. The third kappa shape index (κ3) is 5.38. The van der Waals surface area contributed by atoms with Crippen molar-refractivity contribution < 1.29 is 13.2 Å². The number of aromatic nitrogens is 1. The van der Waals surface area contributed by atoms with E-state index in [1.165, 1.54) is 50.3 Å². The van der Waals surface area contributed by atoms with Crippen LogP contribution in [0.3, 0.4) is 0 Å². The molecule has 5 rings (SSSR count). The molecule has 1 saturated carbocycles. The van der Waals surface area contributed by atoms with E-state index in [1.807, 2.05) is 6.07 Å². The highest BCUT2D eigenvalue weighted by atomic mass is 32.2. The molecule has 2 aromatic carbocycles. The van der Waals surface area contributed by atoms with Crippen molar-refractivity contribution in [3.63, 3.8) is 0 Å². The molecule has 8 nitrogen and oxygen atoms in total. The van der Waals surface area contributed by atoms with E-state index in [-0.39, 0.29) is 16.4 Å². The van der Waals surface area contributed by atoms with E-state index >= 15 is 0 Å². The maximum Gasteiger partial charge on any atom is 0.248 e. The first-order valence-electron chi connectivity index (χ1n) is 12.6. The van der Waals surface area contributed by atoms with Crippen molar-refractivity contribution >= 4 is 26.8 Å². The van der Waals surface area contributed by atoms with Gasteiger partial charge in [-0.1, -0.05) is 49.6 Å². The second-order valence-corrected chi connectivity index (χ2v) is 11.4. The van der Waals surface area contributed by atoms with Crippen LogP contribution < -0.4 is 10.3 Å². The van der Waals surface area contributed by atoms with Crippen LogP contribution in [0.15, 0.2) is 70.4 Å². The summed E-state index contributed by atoms with van der Waals surface area (Å²) < 4.78 is 29.5. The average molecular weight is 509 g/mol. The Labute approximate surface area is 211 Å². The normalized spacial score (nSPS) is 18.8. The lowest BCUT2D eigenvalue weighted by Crippen LogP contribution is -2.54. The van der Waals surface area contributed by atoms with Crippen LogP contribution in [0.1, 0.15) is 43.7 Å². The Morgan fingerprint density at radius 3 is 2.36 bits per heavy atom. The van der Waals surface area contributed by atoms with Crippen molar-refractivity contribution in [2.75, 3.05) is 26.2 Å². The van der Waals surface area contributed by atoms with Crippen LogP contribution >= 0.6 is 0 Å². The van der Waals surface area contributed by atoms with E-state index in [4.69, 9.17) is 0 Å². The molecular weight excluding hydrogens is 476 g/mol. The number of pyridine rings is 1. The molecule has 1 saturated heterocycles. The van der Waals surface area contributed by atoms with Gasteiger partial charge in [0.15, 0.2) is 0 Å². The first kappa shape index (κ1) is 24.7. The van der Waals surface area contributed by atoms with Crippen LogP contribution in [0.5, 0.6) is 0 Å². The zero-order chi connectivity index (χ0) is 25.1. The summed E-state index contributed by atoms with van der Waals surface area (Å²) in [6, 6.07) is 16.0. The topological polar surface area (TPSA) is 103 Å². The fourth-order valence-electron chi connectivity index (χ4n) is 5.37. The van der Waals surface area contributed by atoms with Gasteiger partial charge in [0.05, 0.1) is 4.90 Å². The number of H-pyrrole nitrogens is 1. The molecule has 2 heterocycles. The van der Waals surface area contributed by atoms with Gasteiger partial charge in [-0.15, -0.1) is 0 Å². The molecule has 1 aromatic heterocycles. The summed E-state index contributed by atoms with van der Waals surface area (Å²) in [5.74, 6) is -0.238. The predicted molar refractivity (Wildman–Crippen MR) is 139 cm³/mol. The van der Waals surface area contributed by atoms with Crippen LogP contribution in [0.4, 0.5) is 0 Å². The van der Waals surface area contributed by atoms with Gasteiger partial charge in [-0.05, 0) is 48.1 Å². The van der Waals surface area contributed by atoms with Gasteiger partial charge in [-0.3, -0.25) is 14.5 Å². The first-order chi connectivity index (χ1) is 17.4. The molecule has 0 spiro atoms. The Bertz CT molecular complexity index is 1380. The Hall–Kier alpha value is -3.01. The quantitative estimate of drug-likeness (QED) is 0.533. The van der Waals surface area contributed by atoms with Crippen LogP contribution in [0.2, 0.25) is 0 Å². The second kappa shape index (κ2) is 10.5. The summed E-state index contributed by atoms with van der Waals surface area (Å²) >= 11 is 0. The van der Waals surface area contributed by atoms with Crippen LogP contribution in [-0.2, 0) is 14.8 Å². The summed E-state index contributed by atoms with van der Waals surface area (Å²) in [5.41, 5.74) is 0.897. The zero-order valence-corrected chi connectivity index (χ0v) is 21.0. The number of aromatic amines is 1. The van der Waals surface area contributed by atoms with Gasteiger partial charge < -0.3 is 9.88 Å². The van der Waals surface area contributed by atoms with Gasteiger partial charge in [0.2, 0.25) is 21.5 Å². The molecule has 1 amide bonds. The molecule has 1 aliphatic carbocycles. The lowest BCUT2D eigenvalue weighted by Gasteiger charge is -2.41. The van der Waals surface area contributed by atoms with E-state index in [1.54, 1.807) is 41.3 Å². The van der Waals surface area contributed by atoms with E-state index in [0.29, 0.717) is 35.6 Å². The van der Waals surface area contributed by atoms with E-state index in [2.05, 4.69) is 14.6 Å². The van der Waals surface area contributed by atoms with Crippen molar-refractivity contribution in [1.82, 2.24) is 19.5 Å². The Kier molecular flexibility index (Phi) is 7.22. The minimum absolute atomic E-state index is 0.0397. The van der Waals surface area contributed by atoms with Gasteiger partial charge in [0.25, 0.3) is 0 Å². The van der Waals surface area contributed by atoms with Gasteiger partial charge >= 0.3 is 0 Å². The fourth-order valence-corrected chi connectivity index (χ4v) is 6.58. The summed E-state index contributed by atoms with van der Waals surface area (Å²) in [6.45, 7) is 2.80. The van der Waals surface area contributed by atoms with Crippen molar-refractivity contribution in [1.29, 1.82) is 0 Å². The number of benzene rings is 2. The number of amides is 1. The molecule has 2 fully saturated rings. The van der Waals surface area contributed by atoms with Crippen LogP contribution in [0.25, 0.3) is 10.9 Å². The minimum atomic E-state index is -4.02. The standard InChI is InChI=1S/C27H32N4O4S/c32-25-14-11-21-19-23(12-13-24(21)28-25)36(34,35)29-26(20-7-3-1-4-8-20)27(33)31-17-15-30(16-18-31)22-9-5-2-6-10-22/h1,3-4,7-8,11-14,19,22,26,29H,2,5-6,9-10,15-18H2,(H,28,32). The largest absolute Gasteiger partial charge is 0.338 e. The van der Waals surface area contributed by atoms with Crippen molar-refractivity contribution in [3.8, 4) is 0 Å². The van der Waals surface area contributed by atoms with Crippen LogP contribution in [-0.4, -0.2) is 61.3 Å². The number of piperazine rings is 1. The monoisotopic (exact) mass is 508 g/mol. The van der Waals surface area contributed by atoms with E-state index in [0.717, 1.165) is 13.1 Å². The van der Waals surface area contributed by atoms with E-state index in [9.17, 15) is 18.0 Å². The third-order valence-electron chi connectivity index (χ3n) is 7.38. The van der Waals surface area contributed by atoms with E-state index < -0.39 is 16.1 Å². The summed E-state index contributed by atoms with van der Waals surface area (Å²) in [4.78, 5) is 32.3. The molecule has 0 bridgehead atoms. The molecule has 9 heteroatoms. The van der Waals surface area contributed by atoms with Crippen molar-refractivity contribution in [2.24, 2.45) is 0 Å². The predicted octanol–water partition coefficient (Wildman–Crippen LogP) is 3.02. The number of carbonyl (C=O) groups excluding carboxylic acids is 1. The molecule has 1 atom stereocenters. The van der Waals surface area contributed by atoms with Crippen molar-refractivity contribution in [3.05, 3.63) is 76.6 Å². The number of nitrogens with zero attached hydrogens (tertiary/aromatic N) is 2. The number of nitrogens with one attached hydrogen (secondary N) is 2. The first-order valence-corrected chi connectivity index (χ1v) is 14.1. The summed E-state index contributed by atoms with van der Waals surface area (Å²) in [7, 11) is -4.02. The highest BCUT2D eigenvalue weighted by Crippen LogP contribution is 2.26. The molecule has 1 aliphatic heterocycles. The molecular formula is C27H32N4O4S.